The molecule has 2 unspecified atom stereocenters. The number of fused-ring (bicyclic) bond motifs is 1. The maximum Gasteiger partial charge on any atom is 0.255 e. The van der Waals surface area contributed by atoms with E-state index in [1.54, 1.807) is 7.11 Å². The number of rotatable bonds is 6. The third-order valence-corrected chi connectivity index (χ3v) is 5.68. The average Bonchev–Trinajstić information content (AvgIpc) is 3.07. The number of nitrogens with one attached hydrogen (secondary N) is 1. The summed E-state index contributed by atoms with van der Waals surface area (Å²) in [5.74, 6) is 1.15. The summed E-state index contributed by atoms with van der Waals surface area (Å²) in [5.41, 5.74) is 3.56. The molecule has 1 aliphatic rings. The van der Waals surface area contributed by atoms with Crippen molar-refractivity contribution in [3.8, 4) is 5.75 Å². The SMILES string of the molecule is COc1ccc2oc(C)c(C(=O)NCc3ccc(CN4CC(C)OC(C)C4)cc3)c2c1. The van der Waals surface area contributed by atoms with Crippen LogP contribution in [-0.4, -0.2) is 43.2 Å². The molecule has 6 nitrogen and oxygen atoms in total. The van der Waals surface area contributed by atoms with Crippen molar-refractivity contribution in [3.63, 3.8) is 0 Å². The average molecular weight is 423 g/mol. The molecule has 1 N–H and O–H groups in total. The van der Waals surface area contributed by atoms with Crippen molar-refractivity contribution in [2.75, 3.05) is 20.2 Å². The van der Waals surface area contributed by atoms with Crippen LogP contribution in [0.3, 0.4) is 0 Å². The van der Waals surface area contributed by atoms with Crippen molar-refractivity contribution in [3.05, 3.63) is 64.9 Å². The lowest BCUT2D eigenvalue weighted by Gasteiger charge is -2.35. The predicted molar refractivity (Wildman–Crippen MR) is 120 cm³/mol. The van der Waals surface area contributed by atoms with Crippen LogP contribution in [0.25, 0.3) is 11.0 Å². The summed E-state index contributed by atoms with van der Waals surface area (Å²) < 4.78 is 16.8. The number of nitrogens with zero attached hydrogens (tertiary/aromatic N) is 1. The number of carbonyl (C=O) groups excluding carboxylic acids is 1. The van der Waals surface area contributed by atoms with Crippen LogP contribution < -0.4 is 10.1 Å². The van der Waals surface area contributed by atoms with Gasteiger partial charge in [0.05, 0.1) is 24.9 Å². The number of methoxy groups -OCH3 is 1. The second kappa shape index (κ2) is 9.12. The Kier molecular flexibility index (Phi) is 6.30. The van der Waals surface area contributed by atoms with Crippen LogP contribution in [-0.2, 0) is 17.8 Å². The number of morpholine rings is 1. The van der Waals surface area contributed by atoms with Crippen molar-refractivity contribution >= 4 is 16.9 Å². The minimum atomic E-state index is -0.148. The summed E-state index contributed by atoms with van der Waals surface area (Å²) in [6, 6.07) is 13.9. The Morgan fingerprint density at radius 3 is 2.45 bits per heavy atom. The van der Waals surface area contributed by atoms with Crippen molar-refractivity contribution in [1.82, 2.24) is 10.2 Å². The molecule has 4 rings (SSSR count). The molecule has 31 heavy (non-hydrogen) atoms. The summed E-state index contributed by atoms with van der Waals surface area (Å²) in [4.78, 5) is 15.3. The monoisotopic (exact) mass is 422 g/mol. The van der Waals surface area contributed by atoms with E-state index in [0.717, 1.165) is 30.6 Å². The lowest BCUT2D eigenvalue weighted by molar-refractivity contribution is -0.0704. The quantitative estimate of drug-likeness (QED) is 0.642. The highest BCUT2D eigenvalue weighted by atomic mass is 16.5. The normalized spacial score (nSPS) is 19.5. The molecule has 1 saturated heterocycles. The van der Waals surface area contributed by atoms with Gasteiger partial charge in [0.2, 0.25) is 0 Å². The van der Waals surface area contributed by atoms with E-state index in [4.69, 9.17) is 13.9 Å². The molecule has 0 radical (unpaired) electrons. The van der Waals surface area contributed by atoms with Crippen LogP contribution >= 0.6 is 0 Å². The molecule has 0 saturated carbocycles. The van der Waals surface area contributed by atoms with E-state index in [1.165, 1.54) is 5.56 Å². The third kappa shape index (κ3) is 4.92. The topological polar surface area (TPSA) is 63.9 Å². The second-order valence-electron chi connectivity index (χ2n) is 8.35. The molecule has 1 aliphatic heterocycles. The molecule has 6 heteroatoms. The van der Waals surface area contributed by atoms with Gasteiger partial charge in [0, 0.05) is 31.6 Å². The fourth-order valence-corrected chi connectivity index (χ4v) is 4.31. The summed E-state index contributed by atoms with van der Waals surface area (Å²) in [7, 11) is 1.61. The Bertz CT molecular complexity index is 1050. The third-order valence-electron chi connectivity index (χ3n) is 5.68. The zero-order valence-corrected chi connectivity index (χ0v) is 18.6. The number of carbonyl (C=O) groups is 1. The molecule has 164 valence electrons. The van der Waals surface area contributed by atoms with E-state index >= 15 is 0 Å². The summed E-state index contributed by atoms with van der Waals surface area (Å²) >= 11 is 0. The fraction of sp³-hybridized carbons (Fsp3) is 0.400. The van der Waals surface area contributed by atoms with Crippen LogP contribution in [0, 0.1) is 6.92 Å². The highest BCUT2D eigenvalue weighted by Gasteiger charge is 2.22. The number of ether oxygens (including phenoxy) is 2. The van der Waals surface area contributed by atoms with E-state index in [2.05, 4.69) is 48.3 Å². The highest BCUT2D eigenvalue weighted by Crippen LogP contribution is 2.29. The van der Waals surface area contributed by atoms with Gasteiger partial charge in [-0.1, -0.05) is 24.3 Å². The summed E-state index contributed by atoms with van der Waals surface area (Å²) in [6.45, 7) is 9.32. The summed E-state index contributed by atoms with van der Waals surface area (Å²) in [5, 5.41) is 3.78. The van der Waals surface area contributed by atoms with Crippen LogP contribution in [0.4, 0.5) is 0 Å². The molecule has 2 atom stereocenters. The van der Waals surface area contributed by atoms with Crippen LogP contribution in [0.15, 0.2) is 46.9 Å². The predicted octanol–water partition coefficient (Wildman–Crippen LogP) is 4.29. The number of hydrogen-bond acceptors (Lipinski definition) is 5. The number of benzene rings is 2. The van der Waals surface area contributed by atoms with Crippen molar-refractivity contribution in [2.24, 2.45) is 0 Å². The Morgan fingerprint density at radius 1 is 1.10 bits per heavy atom. The van der Waals surface area contributed by atoms with Gasteiger partial charge in [0.25, 0.3) is 5.91 Å². The van der Waals surface area contributed by atoms with E-state index in [0.29, 0.717) is 29.2 Å². The maximum absolute atomic E-state index is 12.9. The maximum atomic E-state index is 12.9. The van der Waals surface area contributed by atoms with E-state index in [9.17, 15) is 4.79 Å². The molecule has 2 aromatic carbocycles. The highest BCUT2D eigenvalue weighted by molar-refractivity contribution is 6.07. The largest absolute Gasteiger partial charge is 0.497 e. The molecule has 0 spiro atoms. The van der Waals surface area contributed by atoms with E-state index in [-0.39, 0.29) is 18.1 Å². The van der Waals surface area contributed by atoms with Crippen LogP contribution in [0.2, 0.25) is 0 Å². The van der Waals surface area contributed by atoms with E-state index < -0.39 is 0 Å². The first-order valence-electron chi connectivity index (χ1n) is 10.7. The van der Waals surface area contributed by atoms with Gasteiger partial charge in [-0.2, -0.15) is 0 Å². The first kappa shape index (κ1) is 21.4. The van der Waals surface area contributed by atoms with Gasteiger partial charge >= 0.3 is 0 Å². The molecule has 1 fully saturated rings. The van der Waals surface area contributed by atoms with Crippen molar-refractivity contribution < 1.29 is 18.7 Å². The fourth-order valence-electron chi connectivity index (χ4n) is 4.31. The first-order chi connectivity index (χ1) is 14.9. The van der Waals surface area contributed by atoms with E-state index in [1.807, 2.05) is 25.1 Å². The van der Waals surface area contributed by atoms with Crippen molar-refractivity contribution in [2.45, 2.75) is 46.1 Å². The lowest BCUT2D eigenvalue weighted by atomic mass is 10.1. The molecular formula is C25H30N2O4. The number of hydrogen-bond donors (Lipinski definition) is 1. The van der Waals surface area contributed by atoms with Gasteiger partial charge < -0.3 is 19.2 Å². The molecule has 0 aliphatic carbocycles. The number of aryl methyl sites for hydroxylation is 1. The lowest BCUT2D eigenvalue weighted by Crippen LogP contribution is -2.44. The molecule has 1 aromatic heterocycles. The van der Waals surface area contributed by atoms with Crippen LogP contribution in [0.1, 0.15) is 41.1 Å². The van der Waals surface area contributed by atoms with Gasteiger partial charge in [-0.3, -0.25) is 9.69 Å². The zero-order chi connectivity index (χ0) is 22.0. The van der Waals surface area contributed by atoms with Gasteiger partial charge in [0.15, 0.2) is 0 Å². The van der Waals surface area contributed by atoms with Gasteiger partial charge in [0.1, 0.15) is 17.1 Å². The molecule has 1 amide bonds. The van der Waals surface area contributed by atoms with Crippen molar-refractivity contribution in [1.29, 1.82) is 0 Å². The minimum Gasteiger partial charge on any atom is -0.497 e. The second-order valence-corrected chi connectivity index (χ2v) is 8.35. The Labute approximate surface area is 183 Å². The van der Waals surface area contributed by atoms with Gasteiger partial charge in [-0.25, -0.2) is 0 Å². The summed E-state index contributed by atoms with van der Waals surface area (Å²) in [6.07, 6.45) is 0.529. The molecule has 2 heterocycles. The van der Waals surface area contributed by atoms with Gasteiger partial charge in [-0.15, -0.1) is 0 Å². The Morgan fingerprint density at radius 2 is 1.77 bits per heavy atom. The Hall–Kier alpha value is -2.83. The van der Waals surface area contributed by atoms with Gasteiger partial charge in [-0.05, 0) is 50.1 Å². The molecular weight excluding hydrogens is 392 g/mol. The van der Waals surface area contributed by atoms with Crippen LogP contribution in [0.5, 0.6) is 5.75 Å². The molecule has 0 bridgehead atoms. The first-order valence-corrected chi connectivity index (χ1v) is 10.7. The molecule has 3 aromatic rings. The standard InChI is InChI=1S/C25H30N2O4/c1-16-13-27(14-17(2)30-16)15-20-7-5-19(6-8-20)12-26-25(28)24-18(3)31-23-10-9-21(29-4)11-22(23)24/h5-11,16-17H,12-15H2,1-4H3,(H,26,28). The number of furan rings is 1. The number of amides is 1. The zero-order valence-electron chi connectivity index (χ0n) is 18.6. The Balaban J connectivity index is 1.39. The smallest absolute Gasteiger partial charge is 0.255 e. The minimum absolute atomic E-state index is 0.148.